The summed E-state index contributed by atoms with van der Waals surface area (Å²) in [6, 6.07) is 16.3. The van der Waals surface area contributed by atoms with Crippen molar-refractivity contribution in [1.82, 2.24) is 5.01 Å². The zero-order chi connectivity index (χ0) is 21.4. The van der Waals surface area contributed by atoms with Crippen LogP contribution in [0.2, 0.25) is 0 Å². The largest absolute Gasteiger partial charge is 0.423 e. The lowest BCUT2D eigenvalue weighted by Crippen LogP contribution is -2.28. The lowest BCUT2D eigenvalue weighted by atomic mass is 9.85. The van der Waals surface area contributed by atoms with Gasteiger partial charge in [0, 0.05) is 11.6 Å². The minimum atomic E-state index is -0.532. The molecule has 1 aliphatic heterocycles. The van der Waals surface area contributed by atoms with Crippen molar-refractivity contribution in [3.63, 3.8) is 0 Å². The van der Waals surface area contributed by atoms with Gasteiger partial charge in [-0.05, 0) is 42.0 Å². The maximum absolute atomic E-state index is 12.8. The molecule has 2 fully saturated rings. The van der Waals surface area contributed by atoms with Gasteiger partial charge in [0.25, 0.3) is 11.8 Å². The minimum absolute atomic E-state index is 0.135. The first kappa shape index (κ1) is 19.2. The van der Waals surface area contributed by atoms with E-state index in [9.17, 15) is 14.4 Å². The molecule has 6 heteroatoms. The van der Waals surface area contributed by atoms with Gasteiger partial charge in [-0.3, -0.25) is 9.59 Å². The van der Waals surface area contributed by atoms with Gasteiger partial charge in [-0.1, -0.05) is 54.6 Å². The van der Waals surface area contributed by atoms with Crippen LogP contribution in [0.4, 0.5) is 0 Å². The molecule has 2 bridgehead atoms. The maximum Gasteiger partial charge on any atom is 0.336 e. The van der Waals surface area contributed by atoms with Gasteiger partial charge < -0.3 is 4.74 Å². The van der Waals surface area contributed by atoms with Crippen LogP contribution in [-0.4, -0.2) is 29.0 Å². The predicted molar refractivity (Wildman–Crippen MR) is 115 cm³/mol. The maximum atomic E-state index is 12.8. The van der Waals surface area contributed by atoms with Crippen LogP contribution in [-0.2, 0) is 14.4 Å². The molecule has 2 aliphatic carbocycles. The van der Waals surface area contributed by atoms with Crippen LogP contribution in [0.15, 0.2) is 77.9 Å². The fourth-order valence-corrected chi connectivity index (χ4v) is 4.67. The summed E-state index contributed by atoms with van der Waals surface area (Å²) in [5.74, 6) is -1.05. The number of amides is 2. The fraction of sp³-hybridized carbons (Fsp3) is 0.200. The predicted octanol–water partition coefficient (Wildman–Crippen LogP) is 3.45. The molecule has 2 aromatic carbocycles. The molecule has 154 valence electrons. The van der Waals surface area contributed by atoms with E-state index < -0.39 is 5.97 Å². The van der Waals surface area contributed by atoms with Crippen molar-refractivity contribution in [2.24, 2.45) is 28.8 Å². The number of ether oxygens (including phenoxy) is 1. The van der Waals surface area contributed by atoms with E-state index in [2.05, 4.69) is 5.10 Å². The van der Waals surface area contributed by atoms with Crippen molar-refractivity contribution in [2.45, 2.75) is 6.42 Å². The number of nitrogens with zero attached hydrogens (tertiary/aromatic N) is 2. The third kappa shape index (κ3) is 3.50. The SMILES string of the molecule is O=C(/C=C/c1ccccc1)Oc1ccccc1C=NN1C(=O)[C@@H]2[C@H](C1=O)[C@H]1C=C[C@H]2C1. The van der Waals surface area contributed by atoms with Crippen molar-refractivity contribution in [2.75, 3.05) is 0 Å². The van der Waals surface area contributed by atoms with E-state index in [0.717, 1.165) is 17.0 Å². The van der Waals surface area contributed by atoms with E-state index in [1.54, 1.807) is 30.3 Å². The van der Waals surface area contributed by atoms with Crippen LogP contribution >= 0.6 is 0 Å². The molecule has 1 heterocycles. The van der Waals surface area contributed by atoms with Crippen LogP contribution in [0.3, 0.4) is 0 Å². The standard InChI is InChI=1S/C25H20N2O4/c28-21(13-10-16-6-2-1-3-7-16)31-20-9-5-4-8-19(20)15-26-27-24(29)22-17-11-12-18(14-17)23(22)25(27)30/h1-13,15,17-18,22-23H,14H2/b13-10+,26-15?/t17-,18-,22-,23+/m0/s1. The number of carbonyl (C=O) groups is 3. The number of rotatable bonds is 5. The van der Waals surface area contributed by atoms with Gasteiger partial charge in [0.2, 0.25) is 0 Å². The highest BCUT2D eigenvalue weighted by Gasteiger charge is 2.59. The molecule has 0 aromatic heterocycles. The second kappa shape index (κ2) is 7.80. The minimum Gasteiger partial charge on any atom is -0.423 e. The van der Waals surface area contributed by atoms with E-state index in [1.807, 2.05) is 42.5 Å². The molecule has 1 saturated carbocycles. The molecular weight excluding hydrogens is 392 g/mol. The molecule has 4 atom stereocenters. The zero-order valence-corrected chi connectivity index (χ0v) is 16.6. The number of benzene rings is 2. The fourth-order valence-electron chi connectivity index (χ4n) is 4.67. The van der Waals surface area contributed by atoms with Gasteiger partial charge >= 0.3 is 5.97 Å². The summed E-state index contributed by atoms with van der Waals surface area (Å²) >= 11 is 0. The summed E-state index contributed by atoms with van der Waals surface area (Å²) in [6.07, 6.45) is 9.38. The number of hydrogen-bond acceptors (Lipinski definition) is 5. The van der Waals surface area contributed by atoms with E-state index in [1.165, 1.54) is 12.3 Å². The van der Waals surface area contributed by atoms with Crippen LogP contribution in [0, 0.1) is 23.7 Å². The third-order valence-electron chi connectivity index (χ3n) is 6.10. The molecule has 2 aromatic rings. The topological polar surface area (TPSA) is 76.0 Å². The quantitative estimate of drug-likeness (QED) is 0.188. The lowest BCUT2D eigenvalue weighted by molar-refractivity contribution is -0.140. The monoisotopic (exact) mass is 412 g/mol. The van der Waals surface area contributed by atoms with Gasteiger partial charge in [0.15, 0.2) is 0 Å². The Balaban J connectivity index is 1.30. The summed E-state index contributed by atoms with van der Waals surface area (Å²) in [6.45, 7) is 0. The highest BCUT2D eigenvalue weighted by molar-refractivity contribution is 6.07. The summed E-state index contributed by atoms with van der Waals surface area (Å²) in [4.78, 5) is 37.7. The van der Waals surface area contributed by atoms with Crippen molar-refractivity contribution in [3.05, 3.63) is 84.0 Å². The molecule has 31 heavy (non-hydrogen) atoms. The molecule has 3 aliphatic rings. The van der Waals surface area contributed by atoms with Crippen LogP contribution < -0.4 is 4.74 Å². The summed E-state index contributed by atoms with van der Waals surface area (Å²) < 4.78 is 5.44. The smallest absolute Gasteiger partial charge is 0.336 e. The zero-order valence-electron chi connectivity index (χ0n) is 16.6. The van der Waals surface area contributed by atoms with Crippen molar-refractivity contribution < 1.29 is 19.1 Å². The first-order valence-electron chi connectivity index (χ1n) is 10.3. The average Bonchev–Trinajstić information content (AvgIpc) is 3.47. The average molecular weight is 412 g/mol. The van der Waals surface area contributed by atoms with E-state index in [-0.39, 0.29) is 35.5 Å². The van der Waals surface area contributed by atoms with E-state index in [0.29, 0.717) is 11.3 Å². The number of esters is 1. The normalized spacial score (nSPS) is 26.4. The Morgan fingerprint density at radius 2 is 1.58 bits per heavy atom. The Morgan fingerprint density at radius 3 is 2.29 bits per heavy atom. The molecule has 1 saturated heterocycles. The van der Waals surface area contributed by atoms with Crippen LogP contribution in [0.1, 0.15) is 17.5 Å². The van der Waals surface area contributed by atoms with Gasteiger partial charge in [-0.15, -0.1) is 0 Å². The summed E-state index contributed by atoms with van der Waals surface area (Å²) in [5, 5.41) is 5.15. The first-order valence-corrected chi connectivity index (χ1v) is 10.3. The lowest BCUT2D eigenvalue weighted by Gasteiger charge is -2.13. The number of hydrazone groups is 1. The number of carbonyl (C=O) groups excluding carboxylic acids is 3. The van der Waals surface area contributed by atoms with E-state index >= 15 is 0 Å². The Kier molecular flexibility index (Phi) is 4.82. The third-order valence-corrected chi connectivity index (χ3v) is 6.10. The number of hydrogen-bond donors (Lipinski definition) is 0. The Bertz CT molecular complexity index is 1110. The van der Waals surface area contributed by atoms with Crippen molar-refractivity contribution in [1.29, 1.82) is 0 Å². The summed E-state index contributed by atoms with van der Waals surface area (Å²) in [5.41, 5.74) is 1.39. The highest BCUT2D eigenvalue weighted by Crippen LogP contribution is 2.52. The number of allylic oxidation sites excluding steroid dienone is 2. The summed E-state index contributed by atoms with van der Waals surface area (Å²) in [7, 11) is 0. The van der Waals surface area contributed by atoms with E-state index in [4.69, 9.17) is 4.74 Å². The molecule has 5 rings (SSSR count). The number of para-hydroxylation sites is 1. The molecule has 6 nitrogen and oxygen atoms in total. The van der Waals surface area contributed by atoms with Gasteiger partial charge in [0.1, 0.15) is 5.75 Å². The van der Waals surface area contributed by atoms with Crippen LogP contribution in [0.25, 0.3) is 6.08 Å². The van der Waals surface area contributed by atoms with Gasteiger partial charge in [0.05, 0.1) is 18.1 Å². The molecule has 0 unspecified atom stereocenters. The highest BCUT2D eigenvalue weighted by atomic mass is 16.5. The Hall–Kier alpha value is -3.80. The molecular formula is C25H20N2O4. The van der Waals surface area contributed by atoms with Crippen molar-refractivity contribution >= 4 is 30.1 Å². The molecule has 2 amide bonds. The van der Waals surface area contributed by atoms with Crippen LogP contribution in [0.5, 0.6) is 5.75 Å². The Morgan fingerprint density at radius 1 is 0.935 bits per heavy atom. The van der Waals surface area contributed by atoms with Gasteiger partial charge in [-0.25, -0.2) is 4.79 Å². The number of fused-ring (bicyclic) bond motifs is 5. The number of imide groups is 1. The second-order valence-corrected chi connectivity index (χ2v) is 7.94. The van der Waals surface area contributed by atoms with Crippen molar-refractivity contribution in [3.8, 4) is 5.75 Å². The second-order valence-electron chi connectivity index (χ2n) is 7.94. The molecule has 0 radical (unpaired) electrons. The van der Waals surface area contributed by atoms with Gasteiger partial charge in [-0.2, -0.15) is 10.1 Å². The molecule has 0 N–H and O–H groups in total. The Labute approximate surface area is 179 Å². The first-order chi connectivity index (χ1) is 15.1. The molecule has 0 spiro atoms.